The summed E-state index contributed by atoms with van der Waals surface area (Å²) in [6, 6.07) is 0.660. The molecular formula is C9H11N5O3. The topological polar surface area (TPSA) is 116 Å². The Morgan fingerprint density at radius 1 is 1.65 bits per heavy atom. The van der Waals surface area contributed by atoms with Crippen LogP contribution in [0.15, 0.2) is 15.9 Å². The van der Waals surface area contributed by atoms with E-state index in [1.165, 1.54) is 19.1 Å². The van der Waals surface area contributed by atoms with Crippen molar-refractivity contribution in [3.8, 4) is 0 Å². The minimum Gasteiger partial charge on any atom is -0.315 e. The van der Waals surface area contributed by atoms with Gasteiger partial charge in [-0.15, -0.1) is 0 Å². The second-order valence-corrected chi connectivity index (χ2v) is 3.23. The van der Waals surface area contributed by atoms with Gasteiger partial charge in [0.25, 0.3) is 5.56 Å². The van der Waals surface area contributed by atoms with Gasteiger partial charge in [0.1, 0.15) is 6.17 Å². The number of anilines is 1. The van der Waals surface area contributed by atoms with Crippen LogP contribution in [0.3, 0.4) is 0 Å². The Morgan fingerprint density at radius 3 is 2.94 bits per heavy atom. The first-order valence-corrected chi connectivity index (χ1v) is 4.73. The first-order chi connectivity index (χ1) is 8.01. The molecule has 0 bridgehead atoms. The lowest BCUT2D eigenvalue weighted by Crippen LogP contribution is -2.35. The van der Waals surface area contributed by atoms with E-state index in [2.05, 4.69) is 25.6 Å². The summed E-state index contributed by atoms with van der Waals surface area (Å²) in [5.41, 5.74) is 0.106. The summed E-state index contributed by atoms with van der Waals surface area (Å²) in [6.07, 6.45) is 0.609. The van der Waals surface area contributed by atoms with Crippen LogP contribution in [0, 0.1) is 6.92 Å². The monoisotopic (exact) mass is 237 g/mol. The van der Waals surface area contributed by atoms with E-state index in [0.717, 1.165) is 0 Å². The molecule has 1 atom stereocenters. The average molecular weight is 237 g/mol. The molecule has 8 nitrogen and oxygen atoms in total. The SMILES string of the molecule is Cc1cc(=O)[nH]c(NC(=O)NC(C)N=C=O)n1. The van der Waals surface area contributed by atoms with Crippen molar-refractivity contribution in [3.05, 3.63) is 22.1 Å². The second kappa shape index (κ2) is 5.57. The van der Waals surface area contributed by atoms with Crippen LogP contribution in [0.4, 0.5) is 10.7 Å². The van der Waals surface area contributed by atoms with E-state index < -0.39 is 12.2 Å². The van der Waals surface area contributed by atoms with Crippen LogP contribution in [-0.4, -0.2) is 28.2 Å². The zero-order valence-electron chi connectivity index (χ0n) is 9.27. The maximum Gasteiger partial charge on any atom is 0.323 e. The van der Waals surface area contributed by atoms with Gasteiger partial charge in [-0.25, -0.2) is 14.6 Å². The van der Waals surface area contributed by atoms with Gasteiger partial charge in [0.2, 0.25) is 12.0 Å². The van der Waals surface area contributed by atoms with Gasteiger partial charge in [0.05, 0.1) is 0 Å². The van der Waals surface area contributed by atoms with Crippen molar-refractivity contribution < 1.29 is 9.59 Å². The number of aliphatic imine (C=N–C) groups is 1. The van der Waals surface area contributed by atoms with Crippen LogP contribution in [0.25, 0.3) is 0 Å². The third-order valence-corrected chi connectivity index (χ3v) is 1.69. The number of nitrogens with zero attached hydrogens (tertiary/aromatic N) is 2. The lowest BCUT2D eigenvalue weighted by atomic mass is 10.4. The molecule has 0 saturated carbocycles. The lowest BCUT2D eigenvalue weighted by Gasteiger charge is -2.08. The number of aromatic nitrogens is 2. The molecule has 0 spiro atoms. The van der Waals surface area contributed by atoms with Gasteiger partial charge in [-0.2, -0.15) is 4.99 Å². The molecule has 2 amide bonds. The van der Waals surface area contributed by atoms with Gasteiger partial charge in [-0.1, -0.05) is 0 Å². The van der Waals surface area contributed by atoms with Gasteiger partial charge in [0, 0.05) is 11.8 Å². The van der Waals surface area contributed by atoms with Crippen LogP contribution in [0.1, 0.15) is 12.6 Å². The summed E-state index contributed by atoms with van der Waals surface area (Å²) in [5, 5.41) is 4.63. The van der Waals surface area contributed by atoms with Crippen molar-refractivity contribution in [2.75, 3.05) is 5.32 Å². The van der Waals surface area contributed by atoms with Gasteiger partial charge in [-0.05, 0) is 13.8 Å². The van der Waals surface area contributed by atoms with E-state index in [4.69, 9.17) is 0 Å². The fraction of sp³-hybridized carbons (Fsp3) is 0.333. The average Bonchev–Trinajstić information content (AvgIpc) is 2.14. The molecule has 8 heteroatoms. The quantitative estimate of drug-likeness (QED) is 0.502. The number of urea groups is 1. The number of aryl methyl sites for hydroxylation is 1. The molecule has 0 saturated heterocycles. The molecular weight excluding hydrogens is 226 g/mol. The van der Waals surface area contributed by atoms with Gasteiger partial charge >= 0.3 is 6.03 Å². The van der Waals surface area contributed by atoms with E-state index in [9.17, 15) is 14.4 Å². The molecule has 90 valence electrons. The van der Waals surface area contributed by atoms with E-state index in [1.54, 1.807) is 6.92 Å². The number of carbonyl (C=O) groups excluding carboxylic acids is 2. The largest absolute Gasteiger partial charge is 0.323 e. The van der Waals surface area contributed by atoms with E-state index in [0.29, 0.717) is 5.69 Å². The number of H-pyrrole nitrogens is 1. The number of amides is 2. The fourth-order valence-electron chi connectivity index (χ4n) is 1.08. The highest BCUT2D eigenvalue weighted by Crippen LogP contribution is 1.95. The highest BCUT2D eigenvalue weighted by Gasteiger charge is 2.07. The number of isocyanates is 1. The van der Waals surface area contributed by atoms with E-state index in [-0.39, 0.29) is 11.5 Å². The Balaban J connectivity index is 2.68. The van der Waals surface area contributed by atoms with Gasteiger partial charge < -0.3 is 5.32 Å². The number of hydrogen-bond donors (Lipinski definition) is 3. The summed E-state index contributed by atoms with van der Waals surface area (Å²) < 4.78 is 0. The number of aromatic amines is 1. The van der Waals surface area contributed by atoms with E-state index >= 15 is 0 Å². The summed E-state index contributed by atoms with van der Waals surface area (Å²) in [5.74, 6) is 0.0229. The first kappa shape index (κ1) is 12.6. The molecule has 1 unspecified atom stereocenters. The smallest absolute Gasteiger partial charge is 0.315 e. The van der Waals surface area contributed by atoms with Gasteiger partial charge in [0.15, 0.2) is 0 Å². The molecule has 0 aliphatic heterocycles. The minimum absolute atomic E-state index is 0.0229. The predicted octanol–water partition coefficient (Wildman–Crippen LogP) is -0.118. The summed E-state index contributed by atoms with van der Waals surface area (Å²) >= 11 is 0. The normalized spacial score (nSPS) is 11.2. The zero-order chi connectivity index (χ0) is 12.8. The molecule has 0 radical (unpaired) electrons. The Labute approximate surface area is 96.2 Å². The van der Waals surface area contributed by atoms with Crippen LogP contribution < -0.4 is 16.2 Å². The van der Waals surface area contributed by atoms with Crippen molar-refractivity contribution in [1.82, 2.24) is 15.3 Å². The third kappa shape index (κ3) is 4.27. The van der Waals surface area contributed by atoms with Crippen LogP contribution in [0.2, 0.25) is 0 Å². The third-order valence-electron chi connectivity index (χ3n) is 1.69. The molecule has 1 heterocycles. The molecule has 1 aromatic rings. The van der Waals surface area contributed by atoms with Crippen molar-refractivity contribution in [2.45, 2.75) is 20.0 Å². The Kier molecular flexibility index (Phi) is 4.13. The predicted molar refractivity (Wildman–Crippen MR) is 59.3 cm³/mol. The number of hydrogen-bond acceptors (Lipinski definition) is 5. The number of carbonyl (C=O) groups is 1. The summed E-state index contributed by atoms with van der Waals surface area (Å²) in [7, 11) is 0. The van der Waals surface area contributed by atoms with Crippen LogP contribution in [-0.2, 0) is 4.79 Å². The maximum atomic E-state index is 11.3. The van der Waals surface area contributed by atoms with Crippen molar-refractivity contribution >= 4 is 18.1 Å². The highest BCUT2D eigenvalue weighted by atomic mass is 16.2. The highest BCUT2D eigenvalue weighted by molar-refractivity contribution is 5.87. The minimum atomic E-state index is -0.705. The van der Waals surface area contributed by atoms with Crippen LogP contribution >= 0.6 is 0 Å². The summed E-state index contributed by atoms with van der Waals surface area (Å²) in [6.45, 7) is 3.12. The Morgan fingerprint density at radius 2 is 2.35 bits per heavy atom. The summed E-state index contributed by atoms with van der Waals surface area (Å²) in [4.78, 5) is 41.8. The van der Waals surface area contributed by atoms with E-state index in [1.807, 2.05) is 0 Å². The molecule has 0 aromatic carbocycles. The Bertz CT molecular complexity index is 518. The number of nitrogens with one attached hydrogen (secondary N) is 3. The zero-order valence-corrected chi connectivity index (χ0v) is 9.27. The van der Waals surface area contributed by atoms with Crippen molar-refractivity contribution in [2.24, 2.45) is 4.99 Å². The molecule has 1 rings (SSSR count). The molecule has 3 N–H and O–H groups in total. The maximum absolute atomic E-state index is 11.3. The standard InChI is InChI=1S/C9H11N5O3/c1-5-3-7(16)13-8(11-5)14-9(17)12-6(2)10-4-15/h3,6H,1-2H3,(H3,11,12,13,14,16,17). The number of rotatable bonds is 3. The molecule has 0 fully saturated rings. The fourth-order valence-corrected chi connectivity index (χ4v) is 1.08. The molecule has 1 aromatic heterocycles. The Hall–Kier alpha value is -2.47. The van der Waals surface area contributed by atoms with Gasteiger partial charge in [-0.3, -0.25) is 15.1 Å². The lowest BCUT2D eigenvalue weighted by molar-refractivity contribution is 0.249. The second-order valence-electron chi connectivity index (χ2n) is 3.23. The van der Waals surface area contributed by atoms with Crippen LogP contribution in [0.5, 0.6) is 0 Å². The molecule has 17 heavy (non-hydrogen) atoms. The van der Waals surface area contributed by atoms with Crippen molar-refractivity contribution in [1.29, 1.82) is 0 Å². The molecule has 0 aliphatic carbocycles. The first-order valence-electron chi connectivity index (χ1n) is 4.73. The van der Waals surface area contributed by atoms with Crippen molar-refractivity contribution in [3.63, 3.8) is 0 Å². The molecule has 0 aliphatic rings.